The van der Waals surface area contributed by atoms with E-state index in [1.165, 1.54) is 0 Å². The van der Waals surface area contributed by atoms with Gasteiger partial charge in [-0.15, -0.1) is 0 Å². The van der Waals surface area contributed by atoms with E-state index in [9.17, 15) is 0 Å². The van der Waals surface area contributed by atoms with E-state index in [2.05, 4.69) is 22.4 Å². The molecule has 1 atom stereocenters. The highest BCUT2D eigenvalue weighted by atomic mass is 16.5. The van der Waals surface area contributed by atoms with E-state index in [4.69, 9.17) is 4.74 Å². The van der Waals surface area contributed by atoms with Crippen molar-refractivity contribution in [2.75, 3.05) is 25.6 Å². The summed E-state index contributed by atoms with van der Waals surface area (Å²) in [5.41, 5.74) is 3.23. The molecule has 0 aliphatic heterocycles. The number of nitrogens with one attached hydrogen (secondary N) is 2. The van der Waals surface area contributed by atoms with Gasteiger partial charge in [-0.1, -0.05) is 6.92 Å². The number of anilines is 1. The average Bonchev–Trinajstić information content (AvgIpc) is 2.44. The zero-order chi connectivity index (χ0) is 10.6. The Morgan fingerprint density at radius 2 is 2.21 bits per heavy atom. The molecule has 1 aromatic heterocycles. The minimum Gasteiger partial charge on any atom is -0.384 e. The first-order valence-corrected chi connectivity index (χ1v) is 4.89. The van der Waals surface area contributed by atoms with E-state index in [1.807, 2.05) is 13.8 Å². The highest BCUT2D eigenvalue weighted by Crippen LogP contribution is 2.16. The maximum atomic E-state index is 5.07. The molecule has 1 rings (SSSR count). The van der Waals surface area contributed by atoms with Gasteiger partial charge in [-0.25, -0.2) is 0 Å². The molecule has 0 saturated carbocycles. The molecule has 2 N–H and O–H groups in total. The van der Waals surface area contributed by atoms with Crippen molar-refractivity contribution in [1.29, 1.82) is 0 Å². The lowest BCUT2D eigenvalue weighted by Gasteiger charge is -2.12. The van der Waals surface area contributed by atoms with Crippen LogP contribution < -0.4 is 5.32 Å². The molecule has 0 aromatic carbocycles. The second-order valence-electron chi connectivity index (χ2n) is 3.75. The van der Waals surface area contributed by atoms with Crippen molar-refractivity contribution >= 4 is 5.69 Å². The van der Waals surface area contributed by atoms with Gasteiger partial charge in [0, 0.05) is 13.7 Å². The number of ether oxygens (including phenoxy) is 1. The molecule has 80 valence electrons. The van der Waals surface area contributed by atoms with Crippen molar-refractivity contribution in [3.05, 3.63) is 11.4 Å². The zero-order valence-electron chi connectivity index (χ0n) is 9.35. The number of methoxy groups -OCH3 is 1. The summed E-state index contributed by atoms with van der Waals surface area (Å²) in [4.78, 5) is 0. The van der Waals surface area contributed by atoms with Gasteiger partial charge in [-0.3, -0.25) is 5.10 Å². The van der Waals surface area contributed by atoms with Gasteiger partial charge in [0.2, 0.25) is 0 Å². The summed E-state index contributed by atoms with van der Waals surface area (Å²) < 4.78 is 5.07. The van der Waals surface area contributed by atoms with Crippen LogP contribution >= 0.6 is 0 Å². The fraction of sp³-hybridized carbons (Fsp3) is 0.700. The van der Waals surface area contributed by atoms with E-state index < -0.39 is 0 Å². The van der Waals surface area contributed by atoms with Gasteiger partial charge < -0.3 is 10.1 Å². The molecule has 0 saturated heterocycles. The first-order chi connectivity index (χ1) is 6.65. The lowest BCUT2D eigenvalue weighted by molar-refractivity contribution is 0.164. The van der Waals surface area contributed by atoms with Crippen molar-refractivity contribution in [3.63, 3.8) is 0 Å². The van der Waals surface area contributed by atoms with Crippen LogP contribution in [0, 0.1) is 19.8 Å². The molecular formula is C10H19N3O. The monoisotopic (exact) mass is 197 g/mol. The molecule has 0 amide bonds. The molecule has 0 spiro atoms. The molecule has 4 nitrogen and oxygen atoms in total. The Kier molecular flexibility index (Phi) is 3.95. The van der Waals surface area contributed by atoms with Gasteiger partial charge in [0.1, 0.15) is 0 Å². The fourth-order valence-electron chi connectivity index (χ4n) is 1.43. The Bertz CT molecular complexity index is 263. The smallest absolute Gasteiger partial charge is 0.0825 e. The van der Waals surface area contributed by atoms with Crippen LogP contribution in [0.3, 0.4) is 0 Å². The third-order valence-corrected chi connectivity index (χ3v) is 2.21. The largest absolute Gasteiger partial charge is 0.384 e. The summed E-state index contributed by atoms with van der Waals surface area (Å²) in [6.07, 6.45) is 0. The topological polar surface area (TPSA) is 49.9 Å². The molecule has 4 heteroatoms. The average molecular weight is 197 g/mol. The van der Waals surface area contributed by atoms with Crippen molar-refractivity contribution in [1.82, 2.24) is 10.2 Å². The van der Waals surface area contributed by atoms with Gasteiger partial charge in [0.05, 0.1) is 23.7 Å². The number of nitrogens with zero attached hydrogens (tertiary/aromatic N) is 1. The SMILES string of the molecule is COCC(C)CNc1c(C)n[nH]c1C. The van der Waals surface area contributed by atoms with E-state index >= 15 is 0 Å². The normalized spacial score (nSPS) is 12.9. The summed E-state index contributed by atoms with van der Waals surface area (Å²) in [7, 11) is 1.73. The predicted molar refractivity (Wildman–Crippen MR) is 57.6 cm³/mol. The molecule has 0 aliphatic rings. The van der Waals surface area contributed by atoms with Crippen LogP contribution in [0.5, 0.6) is 0 Å². The second kappa shape index (κ2) is 5.00. The van der Waals surface area contributed by atoms with Crippen molar-refractivity contribution in [2.24, 2.45) is 5.92 Å². The number of hydrogen-bond donors (Lipinski definition) is 2. The van der Waals surface area contributed by atoms with Gasteiger partial charge in [0.25, 0.3) is 0 Å². The van der Waals surface area contributed by atoms with Crippen LogP contribution in [-0.2, 0) is 4.74 Å². The molecule has 1 unspecified atom stereocenters. The van der Waals surface area contributed by atoms with Crippen LogP contribution in [-0.4, -0.2) is 30.5 Å². The minimum atomic E-state index is 0.508. The molecule has 0 radical (unpaired) electrons. The standard InChI is InChI=1S/C10H19N3O/c1-7(6-14-4)5-11-10-8(2)12-13-9(10)3/h7,11H,5-6H2,1-4H3,(H,12,13). The third kappa shape index (κ3) is 2.73. The molecular weight excluding hydrogens is 178 g/mol. The number of aryl methyl sites for hydroxylation is 2. The van der Waals surface area contributed by atoms with Crippen LogP contribution in [0.25, 0.3) is 0 Å². The van der Waals surface area contributed by atoms with Crippen LogP contribution in [0.1, 0.15) is 18.3 Å². The maximum absolute atomic E-state index is 5.07. The van der Waals surface area contributed by atoms with Gasteiger partial charge in [0.15, 0.2) is 0 Å². The molecule has 1 aromatic rings. The maximum Gasteiger partial charge on any atom is 0.0825 e. The quantitative estimate of drug-likeness (QED) is 0.755. The van der Waals surface area contributed by atoms with E-state index in [-0.39, 0.29) is 0 Å². The number of hydrogen-bond acceptors (Lipinski definition) is 3. The molecule has 14 heavy (non-hydrogen) atoms. The summed E-state index contributed by atoms with van der Waals surface area (Å²) in [6.45, 7) is 7.86. The highest BCUT2D eigenvalue weighted by Gasteiger charge is 2.07. The lowest BCUT2D eigenvalue weighted by atomic mass is 10.2. The Morgan fingerprint density at radius 3 is 2.71 bits per heavy atom. The van der Waals surface area contributed by atoms with Crippen molar-refractivity contribution in [2.45, 2.75) is 20.8 Å². The summed E-state index contributed by atoms with van der Waals surface area (Å²) in [5, 5.41) is 10.4. The molecule has 0 fully saturated rings. The van der Waals surface area contributed by atoms with Gasteiger partial charge in [-0.05, 0) is 19.8 Å². The van der Waals surface area contributed by atoms with E-state index in [0.717, 1.165) is 30.2 Å². The second-order valence-corrected chi connectivity index (χ2v) is 3.75. The van der Waals surface area contributed by atoms with Gasteiger partial charge >= 0.3 is 0 Å². The molecule has 0 aliphatic carbocycles. The predicted octanol–water partition coefficient (Wildman–Crippen LogP) is 1.72. The Morgan fingerprint density at radius 1 is 1.50 bits per heavy atom. The summed E-state index contributed by atoms with van der Waals surface area (Å²) in [5.74, 6) is 0.508. The lowest BCUT2D eigenvalue weighted by Crippen LogP contribution is -2.16. The first-order valence-electron chi connectivity index (χ1n) is 4.89. The van der Waals surface area contributed by atoms with Crippen LogP contribution in [0.2, 0.25) is 0 Å². The minimum absolute atomic E-state index is 0.508. The summed E-state index contributed by atoms with van der Waals surface area (Å²) in [6, 6.07) is 0. The van der Waals surface area contributed by atoms with E-state index in [1.54, 1.807) is 7.11 Å². The zero-order valence-corrected chi connectivity index (χ0v) is 9.35. The third-order valence-electron chi connectivity index (χ3n) is 2.21. The van der Waals surface area contributed by atoms with E-state index in [0.29, 0.717) is 5.92 Å². The summed E-state index contributed by atoms with van der Waals surface area (Å²) >= 11 is 0. The first kappa shape index (κ1) is 11.0. The van der Waals surface area contributed by atoms with Crippen LogP contribution in [0.15, 0.2) is 0 Å². The number of aromatic nitrogens is 2. The van der Waals surface area contributed by atoms with Crippen molar-refractivity contribution < 1.29 is 4.74 Å². The number of H-pyrrole nitrogens is 1. The number of rotatable bonds is 5. The highest BCUT2D eigenvalue weighted by molar-refractivity contribution is 5.51. The fourth-order valence-corrected chi connectivity index (χ4v) is 1.43. The van der Waals surface area contributed by atoms with Crippen molar-refractivity contribution in [3.8, 4) is 0 Å². The molecule has 0 bridgehead atoms. The van der Waals surface area contributed by atoms with Gasteiger partial charge in [-0.2, -0.15) is 5.10 Å². The Labute approximate surface area is 85.0 Å². The Hall–Kier alpha value is -1.03. The molecule has 1 heterocycles. The van der Waals surface area contributed by atoms with Crippen LogP contribution in [0.4, 0.5) is 5.69 Å². The number of aromatic amines is 1. The Balaban J connectivity index is 2.45.